The molecule has 0 aromatic carbocycles. The van der Waals surface area contributed by atoms with Crippen molar-refractivity contribution in [2.45, 2.75) is 13.5 Å². The van der Waals surface area contributed by atoms with Crippen molar-refractivity contribution in [2.24, 2.45) is 0 Å². The second kappa shape index (κ2) is 2.51. The minimum absolute atomic E-state index is 0.0394. The van der Waals surface area contributed by atoms with Crippen molar-refractivity contribution in [2.75, 3.05) is 0 Å². The molecule has 4 nitrogen and oxygen atoms in total. The molecule has 1 aromatic rings. The molecule has 0 aliphatic rings. The molecular formula is C6H7N2O2. The van der Waals surface area contributed by atoms with E-state index in [0.717, 1.165) is 0 Å². The van der Waals surface area contributed by atoms with E-state index >= 15 is 0 Å². The van der Waals surface area contributed by atoms with Gasteiger partial charge in [-0.3, -0.25) is 4.79 Å². The lowest BCUT2D eigenvalue weighted by Crippen LogP contribution is -2.08. The minimum atomic E-state index is -0.866. The maximum absolute atomic E-state index is 10.2. The summed E-state index contributed by atoms with van der Waals surface area (Å²) in [5.74, 6) is -0.197. The Balaban J connectivity index is 2.74. The highest BCUT2D eigenvalue weighted by molar-refractivity contribution is 5.66. The van der Waals surface area contributed by atoms with Crippen molar-refractivity contribution < 1.29 is 9.90 Å². The number of carboxylic acid groups (broad SMARTS) is 1. The Labute approximate surface area is 58.1 Å². The SMILES string of the molecule is Cc1n[c]cn1CC(=O)O. The maximum Gasteiger partial charge on any atom is 0.323 e. The maximum atomic E-state index is 10.2. The summed E-state index contributed by atoms with van der Waals surface area (Å²) in [7, 11) is 0. The monoisotopic (exact) mass is 139 g/mol. The van der Waals surface area contributed by atoms with E-state index in [1.165, 1.54) is 10.8 Å². The number of imidazole rings is 1. The Kier molecular flexibility index (Phi) is 1.71. The fourth-order valence-electron chi connectivity index (χ4n) is 0.655. The van der Waals surface area contributed by atoms with Gasteiger partial charge in [0, 0.05) is 6.20 Å². The summed E-state index contributed by atoms with van der Waals surface area (Å²) in [5, 5.41) is 8.35. The fourth-order valence-corrected chi connectivity index (χ4v) is 0.655. The lowest BCUT2D eigenvalue weighted by atomic mass is 10.6. The van der Waals surface area contributed by atoms with E-state index in [1.54, 1.807) is 6.92 Å². The molecule has 10 heavy (non-hydrogen) atoms. The molecule has 53 valence electrons. The Morgan fingerprint density at radius 1 is 2.00 bits per heavy atom. The van der Waals surface area contributed by atoms with Crippen LogP contribution >= 0.6 is 0 Å². The first-order valence-electron chi connectivity index (χ1n) is 2.82. The molecule has 1 radical (unpaired) electrons. The number of aryl methyl sites for hydroxylation is 1. The normalized spacial score (nSPS) is 9.70. The third-order valence-electron chi connectivity index (χ3n) is 1.16. The number of hydrogen-bond donors (Lipinski definition) is 1. The molecule has 1 N–H and O–H groups in total. The topological polar surface area (TPSA) is 55.1 Å². The summed E-state index contributed by atoms with van der Waals surface area (Å²) < 4.78 is 1.52. The van der Waals surface area contributed by atoms with Crippen LogP contribution in [-0.2, 0) is 11.3 Å². The van der Waals surface area contributed by atoms with Gasteiger partial charge in [0.2, 0.25) is 0 Å². The van der Waals surface area contributed by atoms with Gasteiger partial charge in [-0.1, -0.05) is 0 Å². The van der Waals surface area contributed by atoms with Crippen molar-refractivity contribution in [3.63, 3.8) is 0 Å². The van der Waals surface area contributed by atoms with Crippen LogP contribution in [0.4, 0.5) is 0 Å². The summed E-state index contributed by atoms with van der Waals surface area (Å²) in [5.41, 5.74) is 0. The van der Waals surface area contributed by atoms with Crippen molar-refractivity contribution >= 4 is 5.97 Å². The minimum Gasteiger partial charge on any atom is -0.480 e. The lowest BCUT2D eigenvalue weighted by molar-refractivity contribution is -0.137. The van der Waals surface area contributed by atoms with Gasteiger partial charge in [0.15, 0.2) is 0 Å². The molecule has 0 saturated carbocycles. The second-order valence-electron chi connectivity index (χ2n) is 1.94. The highest BCUT2D eigenvalue weighted by Gasteiger charge is 2.00. The molecule has 0 unspecified atom stereocenters. The zero-order chi connectivity index (χ0) is 7.56. The largest absolute Gasteiger partial charge is 0.480 e. The van der Waals surface area contributed by atoms with Crippen LogP contribution in [0.5, 0.6) is 0 Å². The highest BCUT2D eigenvalue weighted by atomic mass is 16.4. The van der Waals surface area contributed by atoms with Gasteiger partial charge in [0.1, 0.15) is 18.6 Å². The first-order chi connectivity index (χ1) is 4.70. The van der Waals surface area contributed by atoms with Crippen molar-refractivity contribution in [3.05, 3.63) is 18.2 Å². The van der Waals surface area contributed by atoms with Crippen molar-refractivity contribution in [3.8, 4) is 0 Å². The summed E-state index contributed by atoms with van der Waals surface area (Å²) in [6.07, 6.45) is 4.07. The number of aliphatic carboxylic acids is 1. The highest BCUT2D eigenvalue weighted by Crippen LogP contribution is 1.92. The smallest absolute Gasteiger partial charge is 0.323 e. The van der Waals surface area contributed by atoms with Gasteiger partial charge >= 0.3 is 5.97 Å². The Morgan fingerprint density at radius 3 is 3.10 bits per heavy atom. The Morgan fingerprint density at radius 2 is 2.70 bits per heavy atom. The van der Waals surface area contributed by atoms with Crippen LogP contribution in [0.3, 0.4) is 0 Å². The molecule has 0 fully saturated rings. The second-order valence-corrected chi connectivity index (χ2v) is 1.94. The Bertz CT molecular complexity index is 242. The van der Waals surface area contributed by atoms with Crippen LogP contribution in [0.2, 0.25) is 0 Å². The van der Waals surface area contributed by atoms with E-state index in [1.807, 2.05) is 0 Å². The Hall–Kier alpha value is -1.32. The van der Waals surface area contributed by atoms with Gasteiger partial charge in [-0.05, 0) is 6.92 Å². The van der Waals surface area contributed by atoms with E-state index in [-0.39, 0.29) is 6.54 Å². The summed E-state index contributed by atoms with van der Waals surface area (Å²) in [6.45, 7) is 1.70. The zero-order valence-electron chi connectivity index (χ0n) is 5.53. The van der Waals surface area contributed by atoms with Crippen LogP contribution in [-0.4, -0.2) is 20.6 Å². The zero-order valence-corrected chi connectivity index (χ0v) is 5.53. The molecular weight excluding hydrogens is 132 g/mol. The molecule has 0 amide bonds. The molecule has 1 aromatic heterocycles. The molecule has 0 aliphatic heterocycles. The molecule has 1 rings (SSSR count). The number of rotatable bonds is 2. The predicted molar refractivity (Wildman–Crippen MR) is 33.4 cm³/mol. The van der Waals surface area contributed by atoms with E-state index in [4.69, 9.17) is 5.11 Å². The average Bonchev–Trinajstić information content (AvgIpc) is 2.15. The molecule has 4 heteroatoms. The van der Waals surface area contributed by atoms with E-state index in [0.29, 0.717) is 5.82 Å². The van der Waals surface area contributed by atoms with Crippen LogP contribution in [0.1, 0.15) is 5.82 Å². The van der Waals surface area contributed by atoms with Crippen LogP contribution < -0.4 is 0 Å². The van der Waals surface area contributed by atoms with Gasteiger partial charge in [0.05, 0.1) is 0 Å². The van der Waals surface area contributed by atoms with Gasteiger partial charge in [-0.25, -0.2) is 4.98 Å². The quantitative estimate of drug-likeness (QED) is 0.631. The number of carboxylic acids is 1. The first-order valence-corrected chi connectivity index (χ1v) is 2.82. The number of hydrogen-bond acceptors (Lipinski definition) is 2. The number of carbonyl (C=O) groups is 1. The fraction of sp³-hybridized carbons (Fsp3) is 0.333. The lowest BCUT2D eigenvalue weighted by Gasteiger charge is -1.97. The van der Waals surface area contributed by atoms with Gasteiger partial charge in [0.25, 0.3) is 0 Å². The summed E-state index contributed by atoms with van der Waals surface area (Å²) in [6, 6.07) is 0. The molecule has 0 saturated heterocycles. The van der Waals surface area contributed by atoms with Crippen molar-refractivity contribution in [1.29, 1.82) is 0 Å². The van der Waals surface area contributed by atoms with E-state index in [9.17, 15) is 4.79 Å². The number of nitrogens with zero attached hydrogens (tertiary/aromatic N) is 2. The predicted octanol–water partition coefficient (Wildman–Crippen LogP) is 0.0763. The molecule has 0 atom stereocenters. The van der Waals surface area contributed by atoms with Gasteiger partial charge in [-0.15, -0.1) is 0 Å². The first kappa shape index (κ1) is 6.80. The molecule has 1 heterocycles. The third kappa shape index (κ3) is 1.34. The van der Waals surface area contributed by atoms with Gasteiger partial charge < -0.3 is 9.67 Å². The molecule has 0 spiro atoms. The van der Waals surface area contributed by atoms with Crippen LogP contribution in [0.15, 0.2) is 6.20 Å². The molecule has 0 bridgehead atoms. The van der Waals surface area contributed by atoms with E-state index < -0.39 is 5.97 Å². The number of aromatic nitrogens is 2. The summed E-state index contributed by atoms with van der Waals surface area (Å²) >= 11 is 0. The third-order valence-corrected chi connectivity index (χ3v) is 1.16. The van der Waals surface area contributed by atoms with Gasteiger partial charge in [-0.2, -0.15) is 0 Å². The van der Waals surface area contributed by atoms with Crippen LogP contribution in [0.25, 0.3) is 0 Å². The van der Waals surface area contributed by atoms with Crippen LogP contribution in [0, 0.1) is 13.1 Å². The summed E-state index contributed by atoms with van der Waals surface area (Å²) in [4.78, 5) is 13.9. The standard InChI is InChI=1S/C6H7N2O2/c1-5-7-2-3-8(5)4-6(9)10/h3H,4H2,1H3,(H,9,10). The molecule has 0 aliphatic carbocycles. The van der Waals surface area contributed by atoms with E-state index in [2.05, 4.69) is 11.2 Å². The van der Waals surface area contributed by atoms with Crippen molar-refractivity contribution in [1.82, 2.24) is 9.55 Å². The average molecular weight is 139 g/mol.